The first-order valence-electron chi connectivity index (χ1n) is 10.2. The monoisotopic (exact) mass is 520 g/mol. The third-order valence-corrected chi connectivity index (χ3v) is 7.31. The van der Waals surface area contributed by atoms with E-state index < -0.39 is 34.6 Å². The van der Waals surface area contributed by atoms with Crippen molar-refractivity contribution in [3.05, 3.63) is 79.6 Å². The molecule has 0 saturated heterocycles. The molecule has 3 aromatic rings. The van der Waals surface area contributed by atoms with Crippen LogP contribution >= 0.6 is 11.3 Å². The number of halogens is 6. The lowest BCUT2D eigenvalue weighted by Gasteiger charge is -2.11. The second-order valence-corrected chi connectivity index (χ2v) is 8.99. The summed E-state index contributed by atoms with van der Waals surface area (Å²) in [5.41, 5.74) is -1.84. The molecule has 0 fully saturated rings. The number of allylic oxidation sites excluding steroid dienone is 2. The molecule has 0 N–H and O–H groups in total. The maximum Gasteiger partial charge on any atom is 0.416 e. The van der Waals surface area contributed by atoms with Gasteiger partial charge in [-0.05, 0) is 46.5 Å². The van der Waals surface area contributed by atoms with E-state index in [0.717, 1.165) is 35.6 Å². The van der Waals surface area contributed by atoms with Crippen LogP contribution in [0.15, 0.2) is 47.5 Å². The van der Waals surface area contributed by atoms with Crippen LogP contribution < -0.4 is 0 Å². The van der Waals surface area contributed by atoms with Crippen LogP contribution in [0.25, 0.3) is 33.4 Å². The summed E-state index contributed by atoms with van der Waals surface area (Å²) in [6.07, 6.45) is -9.41. The fourth-order valence-corrected chi connectivity index (χ4v) is 6.06. The largest absolute Gasteiger partial charge is 0.416 e. The quantitative estimate of drug-likeness (QED) is 0.157. The Balaban J connectivity index is 1.93. The molecule has 11 heteroatoms. The molecule has 2 aliphatic rings. The van der Waals surface area contributed by atoms with E-state index in [4.69, 9.17) is 0 Å². The number of nitriles is 4. The van der Waals surface area contributed by atoms with Crippen LogP contribution in [-0.2, 0) is 12.4 Å². The molecule has 1 aromatic heterocycles. The van der Waals surface area contributed by atoms with Crippen molar-refractivity contribution in [1.82, 2.24) is 0 Å². The Labute approximate surface area is 208 Å². The number of rotatable bonds is 0. The van der Waals surface area contributed by atoms with Gasteiger partial charge in [-0.25, -0.2) is 0 Å². The highest BCUT2D eigenvalue weighted by atomic mass is 32.1. The minimum absolute atomic E-state index is 0.0105. The van der Waals surface area contributed by atoms with Crippen LogP contribution in [0.2, 0.25) is 0 Å². The van der Waals surface area contributed by atoms with Gasteiger partial charge in [0.15, 0.2) is 0 Å². The molecule has 2 aliphatic carbocycles. The Morgan fingerprint density at radius 1 is 0.568 bits per heavy atom. The Morgan fingerprint density at radius 3 is 1.22 bits per heavy atom. The van der Waals surface area contributed by atoms with Crippen LogP contribution in [0.5, 0.6) is 0 Å². The molecule has 0 saturated carbocycles. The molecule has 0 spiro atoms. The van der Waals surface area contributed by atoms with Crippen LogP contribution in [0.1, 0.15) is 32.0 Å². The van der Waals surface area contributed by atoms with Crippen molar-refractivity contribution in [2.24, 2.45) is 0 Å². The average Bonchev–Trinajstić information content (AvgIpc) is 3.46. The minimum atomic E-state index is -4.71. The molecule has 178 valence electrons. The number of nitrogens with zero attached hydrogens (tertiary/aromatic N) is 4. The van der Waals surface area contributed by atoms with E-state index in [1.165, 1.54) is 12.1 Å². The highest BCUT2D eigenvalue weighted by Crippen LogP contribution is 2.61. The van der Waals surface area contributed by atoms with Gasteiger partial charge < -0.3 is 0 Å². The molecule has 0 atom stereocenters. The summed E-state index contributed by atoms with van der Waals surface area (Å²) < 4.78 is 80.8. The fourth-order valence-electron chi connectivity index (χ4n) is 4.60. The lowest BCUT2D eigenvalue weighted by Crippen LogP contribution is -2.05. The van der Waals surface area contributed by atoms with E-state index in [1.54, 1.807) is 24.3 Å². The van der Waals surface area contributed by atoms with Crippen LogP contribution in [0.3, 0.4) is 0 Å². The number of fused-ring (bicyclic) bond motifs is 7. The minimum Gasteiger partial charge on any atom is -0.192 e. The molecule has 37 heavy (non-hydrogen) atoms. The van der Waals surface area contributed by atoms with Crippen molar-refractivity contribution in [1.29, 1.82) is 21.0 Å². The molecule has 4 nitrogen and oxygen atoms in total. The van der Waals surface area contributed by atoms with Crippen molar-refractivity contribution >= 4 is 22.5 Å². The molecule has 2 aromatic carbocycles. The van der Waals surface area contributed by atoms with Gasteiger partial charge in [-0.3, -0.25) is 0 Å². The Hall–Kier alpha value is -4.84. The van der Waals surface area contributed by atoms with Gasteiger partial charge in [0.05, 0.1) is 11.1 Å². The van der Waals surface area contributed by atoms with E-state index in [-0.39, 0.29) is 43.2 Å². The Bertz CT molecular complexity index is 1630. The molecule has 0 radical (unpaired) electrons. The average molecular weight is 520 g/mol. The smallest absolute Gasteiger partial charge is 0.192 e. The van der Waals surface area contributed by atoms with Gasteiger partial charge >= 0.3 is 12.4 Å². The Morgan fingerprint density at radius 2 is 0.919 bits per heavy atom. The van der Waals surface area contributed by atoms with Crippen molar-refractivity contribution < 1.29 is 26.3 Å². The molecule has 5 rings (SSSR count). The van der Waals surface area contributed by atoms with Crippen LogP contribution in [-0.4, -0.2) is 0 Å². The standard InChI is InChI=1S/C26H6F6N4S/c27-25(28,29)13-1-3-15-17(5-13)19(11(7-33)8-34)23-21(15)22-16-4-2-14(26(30,31)32)6-18(16)20(24(22)37-23)12(9-35)10-36/h1-6H. The molecule has 1 heterocycles. The number of benzene rings is 2. The Kier molecular flexibility index (Phi) is 5.05. The second kappa shape index (κ2) is 7.83. The third kappa shape index (κ3) is 3.33. The fraction of sp³-hybridized carbons (Fsp3) is 0.0769. The van der Waals surface area contributed by atoms with Gasteiger partial charge in [-0.15, -0.1) is 11.3 Å². The van der Waals surface area contributed by atoms with Gasteiger partial charge in [-0.1, -0.05) is 12.1 Å². The summed E-state index contributed by atoms with van der Waals surface area (Å²) in [6.45, 7) is 0. The summed E-state index contributed by atoms with van der Waals surface area (Å²) >= 11 is 0.903. The SMILES string of the molecule is N#CC(C#N)=C1c2cc(C(F)(F)F)ccc2-c2c1sc1c2-c2ccc(C(F)(F)F)cc2C1=C(C#N)C#N. The summed E-state index contributed by atoms with van der Waals surface area (Å²) in [7, 11) is 0. The van der Waals surface area contributed by atoms with Gasteiger partial charge in [0.1, 0.15) is 35.4 Å². The molecule has 0 unspecified atom stereocenters. The summed E-state index contributed by atoms with van der Waals surface area (Å²) in [5, 5.41) is 38.2. The predicted octanol–water partition coefficient (Wildman–Crippen LogP) is 7.44. The van der Waals surface area contributed by atoms with Crippen molar-refractivity contribution in [2.45, 2.75) is 12.4 Å². The summed E-state index contributed by atoms with van der Waals surface area (Å²) in [4.78, 5) is 0.520. The second-order valence-electron chi connectivity index (χ2n) is 7.97. The zero-order valence-electron chi connectivity index (χ0n) is 17.9. The maximum atomic E-state index is 13.5. The molecule has 0 bridgehead atoms. The van der Waals surface area contributed by atoms with Crippen molar-refractivity contribution in [3.63, 3.8) is 0 Å². The maximum absolute atomic E-state index is 13.5. The first-order valence-corrected chi connectivity index (χ1v) is 11.0. The van der Waals surface area contributed by atoms with Gasteiger partial charge in [0.2, 0.25) is 0 Å². The predicted molar refractivity (Wildman–Crippen MR) is 120 cm³/mol. The first kappa shape index (κ1) is 23.9. The van der Waals surface area contributed by atoms with E-state index >= 15 is 0 Å². The van der Waals surface area contributed by atoms with E-state index in [1.807, 2.05) is 0 Å². The first-order chi connectivity index (χ1) is 17.5. The molecular weight excluding hydrogens is 514 g/mol. The number of thiophene rings is 1. The van der Waals surface area contributed by atoms with Gasteiger partial charge in [0.25, 0.3) is 0 Å². The molecule has 0 aliphatic heterocycles. The lowest BCUT2D eigenvalue weighted by molar-refractivity contribution is -0.138. The highest BCUT2D eigenvalue weighted by Gasteiger charge is 2.42. The number of hydrogen-bond acceptors (Lipinski definition) is 5. The summed E-state index contributed by atoms with van der Waals surface area (Å²) in [6, 6.07) is 12.5. The normalized spacial score (nSPS) is 12.9. The third-order valence-electron chi connectivity index (χ3n) is 6.08. The van der Waals surface area contributed by atoms with Crippen molar-refractivity contribution in [3.8, 4) is 46.5 Å². The van der Waals surface area contributed by atoms with E-state index in [9.17, 15) is 47.4 Å². The molecule has 0 amide bonds. The highest BCUT2D eigenvalue weighted by molar-refractivity contribution is 7.16. The van der Waals surface area contributed by atoms with Gasteiger partial charge in [0, 0.05) is 32.0 Å². The summed E-state index contributed by atoms with van der Waals surface area (Å²) in [5.74, 6) is 0. The van der Waals surface area contributed by atoms with E-state index in [0.29, 0.717) is 11.1 Å². The van der Waals surface area contributed by atoms with Gasteiger partial charge in [-0.2, -0.15) is 47.4 Å². The zero-order valence-corrected chi connectivity index (χ0v) is 18.7. The number of hydrogen-bond donors (Lipinski definition) is 0. The van der Waals surface area contributed by atoms with Crippen LogP contribution in [0.4, 0.5) is 26.3 Å². The molecular formula is C26H6F6N4S. The lowest BCUT2D eigenvalue weighted by atomic mass is 9.96. The number of alkyl halides is 6. The van der Waals surface area contributed by atoms with E-state index in [2.05, 4.69) is 0 Å². The topological polar surface area (TPSA) is 95.2 Å². The zero-order chi connectivity index (χ0) is 26.9. The van der Waals surface area contributed by atoms with Crippen LogP contribution in [0, 0.1) is 45.3 Å². The van der Waals surface area contributed by atoms with Crippen molar-refractivity contribution in [2.75, 3.05) is 0 Å².